The van der Waals surface area contributed by atoms with Crippen LogP contribution >= 0.6 is 0 Å². The Kier molecular flexibility index (Phi) is 3.22. The van der Waals surface area contributed by atoms with Crippen molar-refractivity contribution in [3.05, 3.63) is 0 Å². The average Bonchev–Trinajstić information content (AvgIpc) is 3.04. The van der Waals surface area contributed by atoms with Crippen molar-refractivity contribution in [3.63, 3.8) is 0 Å². The quantitative estimate of drug-likeness (QED) is 0.790. The first kappa shape index (κ1) is 12.9. The third kappa shape index (κ3) is 1.84. The van der Waals surface area contributed by atoms with Crippen molar-refractivity contribution in [1.82, 2.24) is 0 Å². The first-order valence-corrected chi connectivity index (χ1v) is 8.06. The molecule has 3 rings (SSSR count). The Bertz CT molecular complexity index is 290. The predicted octanol–water partition coefficient (Wildman–Crippen LogP) is 3.37. The van der Waals surface area contributed by atoms with E-state index in [2.05, 4.69) is 0 Å². The standard InChI is InChI=1S/C16H29NO/c17-13-15(7-3-4-8-15)16(18)11-9-14(10-12-16)5-1-2-6-14/h18H,1-13,17H2. The molecular weight excluding hydrogens is 222 g/mol. The third-order valence-electron chi connectivity index (χ3n) is 6.74. The van der Waals surface area contributed by atoms with Gasteiger partial charge in [-0.2, -0.15) is 0 Å². The number of rotatable bonds is 2. The molecule has 0 aromatic heterocycles. The highest BCUT2D eigenvalue weighted by atomic mass is 16.3. The molecule has 0 aromatic rings. The van der Waals surface area contributed by atoms with E-state index in [9.17, 15) is 5.11 Å². The minimum absolute atomic E-state index is 0.0627. The van der Waals surface area contributed by atoms with Crippen LogP contribution in [0.1, 0.15) is 77.0 Å². The molecule has 0 amide bonds. The summed E-state index contributed by atoms with van der Waals surface area (Å²) in [6, 6.07) is 0. The second kappa shape index (κ2) is 4.49. The molecule has 104 valence electrons. The van der Waals surface area contributed by atoms with Crippen LogP contribution in [0.3, 0.4) is 0 Å². The summed E-state index contributed by atoms with van der Waals surface area (Å²) in [6.07, 6.45) is 15.1. The largest absolute Gasteiger partial charge is 0.389 e. The second-order valence-electron chi connectivity index (χ2n) is 7.43. The fourth-order valence-corrected chi connectivity index (χ4v) is 5.26. The molecule has 3 saturated carbocycles. The molecule has 0 heterocycles. The Morgan fingerprint density at radius 2 is 1.22 bits per heavy atom. The van der Waals surface area contributed by atoms with Gasteiger partial charge < -0.3 is 10.8 Å². The lowest BCUT2D eigenvalue weighted by Gasteiger charge is -2.51. The molecule has 0 unspecified atom stereocenters. The smallest absolute Gasteiger partial charge is 0.0716 e. The first-order valence-electron chi connectivity index (χ1n) is 8.06. The van der Waals surface area contributed by atoms with Gasteiger partial charge in [-0.05, 0) is 56.8 Å². The molecule has 18 heavy (non-hydrogen) atoms. The van der Waals surface area contributed by atoms with Crippen LogP contribution in [0.2, 0.25) is 0 Å². The van der Waals surface area contributed by atoms with Crippen molar-refractivity contribution in [3.8, 4) is 0 Å². The zero-order valence-corrected chi connectivity index (χ0v) is 11.7. The van der Waals surface area contributed by atoms with Crippen LogP contribution in [-0.2, 0) is 0 Å². The van der Waals surface area contributed by atoms with E-state index in [0.29, 0.717) is 12.0 Å². The van der Waals surface area contributed by atoms with Gasteiger partial charge >= 0.3 is 0 Å². The highest BCUT2D eigenvalue weighted by molar-refractivity contribution is 5.06. The number of hydrogen-bond donors (Lipinski definition) is 2. The molecule has 3 aliphatic rings. The lowest BCUT2D eigenvalue weighted by atomic mass is 9.58. The summed E-state index contributed by atoms with van der Waals surface area (Å²) in [5.74, 6) is 0. The Morgan fingerprint density at radius 3 is 1.72 bits per heavy atom. The molecule has 2 heteroatoms. The molecule has 0 radical (unpaired) electrons. The van der Waals surface area contributed by atoms with Crippen LogP contribution < -0.4 is 5.73 Å². The molecule has 3 aliphatic carbocycles. The molecule has 0 bridgehead atoms. The molecule has 0 aliphatic heterocycles. The van der Waals surface area contributed by atoms with Gasteiger partial charge in [-0.15, -0.1) is 0 Å². The molecule has 0 saturated heterocycles. The van der Waals surface area contributed by atoms with Crippen molar-refractivity contribution >= 4 is 0 Å². The number of aliphatic hydroxyl groups is 1. The SMILES string of the molecule is NCC1(C2(O)CCC3(CCCC3)CC2)CCCC1. The summed E-state index contributed by atoms with van der Waals surface area (Å²) in [7, 11) is 0. The van der Waals surface area contributed by atoms with E-state index in [1.54, 1.807) is 0 Å². The summed E-state index contributed by atoms with van der Waals surface area (Å²) >= 11 is 0. The molecule has 2 nitrogen and oxygen atoms in total. The molecule has 1 spiro atoms. The maximum Gasteiger partial charge on any atom is 0.0716 e. The summed E-state index contributed by atoms with van der Waals surface area (Å²) in [4.78, 5) is 0. The minimum atomic E-state index is -0.438. The first-order chi connectivity index (χ1) is 8.64. The Labute approximate surface area is 111 Å². The third-order valence-corrected chi connectivity index (χ3v) is 6.74. The Morgan fingerprint density at radius 1 is 0.722 bits per heavy atom. The second-order valence-corrected chi connectivity index (χ2v) is 7.43. The maximum absolute atomic E-state index is 11.2. The van der Waals surface area contributed by atoms with E-state index in [1.165, 1.54) is 51.4 Å². The normalized spacial score (nSPS) is 33.0. The van der Waals surface area contributed by atoms with Gasteiger partial charge in [0.05, 0.1) is 5.60 Å². The van der Waals surface area contributed by atoms with Gasteiger partial charge in [0.25, 0.3) is 0 Å². The van der Waals surface area contributed by atoms with Gasteiger partial charge in [0.1, 0.15) is 0 Å². The summed E-state index contributed by atoms with van der Waals surface area (Å²) in [6.45, 7) is 0.691. The van der Waals surface area contributed by atoms with E-state index in [0.717, 1.165) is 25.7 Å². The summed E-state index contributed by atoms with van der Waals surface area (Å²) in [5.41, 5.74) is 6.31. The molecule has 0 atom stereocenters. The molecule has 0 aromatic carbocycles. The van der Waals surface area contributed by atoms with E-state index < -0.39 is 5.60 Å². The highest BCUT2D eigenvalue weighted by Gasteiger charge is 2.54. The van der Waals surface area contributed by atoms with Crippen molar-refractivity contribution < 1.29 is 5.11 Å². The van der Waals surface area contributed by atoms with Gasteiger partial charge in [-0.3, -0.25) is 0 Å². The highest BCUT2D eigenvalue weighted by Crippen LogP contribution is 2.58. The fourth-order valence-electron chi connectivity index (χ4n) is 5.26. The van der Waals surface area contributed by atoms with Gasteiger partial charge in [0.2, 0.25) is 0 Å². The predicted molar refractivity (Wildman–Crippen MR) is 74.3 cm³/mol. The van der Waals surface area contributed by atoms with E-state index in [-0.39, 0.29) is 5.41 Å². The van der Waals surface area contributed by atoms with Gasteiger partial charge in [-0.1, -0.05) is 25.7 Å². The molecule has 3 N–H and O–H groups in total. The van der Waals surface area contributed by atoms with Crippen LogP contribution in [-0.4, -0.2) is 17.3 Å². The topological polar surface area (TPSA) is 46.2 Å². The van der Waals surface area contributed by atoms with Crippen molar-refractivity contribution in [2.75, 3.05) is 6.54 Å². The van der Waals surface area contributed by atoms with Gasteiger partial charge in [-0.25, -0.2) is 0 Å². The van der Waals surface area contributed by atoms with E-state index >= 15 is 0 Å². The molecular formula is C16H29NO. The van der Waals surface area contributed by atoms with Crippen molar-refractivity contribution in [1.29, 1.82) is 0 Å². The summed E-state index contributed by atoms with van der Waals surface area (Å²) < 4.78 is 0. The van der Waals surface area contributed by atoms with Gasteiger partial charge in [0, 0.05) is 12.0 Å². The van der Waals surface area contributed by atoms with Crippen molar-refractivity contribution in [2.24, 2.45) is 16.6 Å². The fraction of sp³-hybridized carbons (Fsp3) is 1.00. The average molecular weight is 251 g/mol. The van der Waals surface area contributed by atoms with Crippen molar-refractivity contribution in [2.45, 2.75) is 82.7 Å². The number of nitrogens with two attached hydrogens (primary N) is 1. The lowest BCUT2D eigenvalue weighted by Crippen LogP contribution is -2.54. The number of hydrogen-bond acceptors (Lipinski definition) is 2. The lowest BCUT2D eigenvalue weighted by molar-refractivity contribution is -0.123. The summed E-state index contributed by atoms with van der Waals surface area (Å²) in [5, 5.41) is 11.2. The van der Waals surface area contributed by atoms with Crippen LogP contribution in [0, 0.1) is 10.8 Å². The zero-order valence-electron chi connectivity index (χ0n) is 11.7. The molecule has 3 fully saturated rings. The zero-order chi connectivity index (χ0) is 12.7. The monoisotopic (exact) mass is 251 g/mol. The van der Waals surface area contributed by atoms with Crippen LogP contribution in [0.15, 0.2) is 0 Å². The minimum Gasteiger partial charge on any atom is -0.389 e. The van der Waals surface area contributed by atoms with Gasteiger partial charge in [0.15, 0.2) is 0 Å². The maximum atomic E-state index is 11.2. The van der Waals surface area contributed by atoms with E-state index in [4.69, 9.17) is 5.73 Å². The van der Waals surface area contributed by atoms with E-state index in [1.807, 2.05) is 0 Å². The Hall–Kier alpha value is -0.0800. The van der Waals surface area contributed by atoms with Crippen LogP contribution in [0.25, 0.3) is 0 Å². The Balaban J connectivity index is 1.73. The van der Waals surface area contributed by atoms with Crippen LogP contribution in [0.4, 0.5) is 0 Å². The van der Waals surface area contributed by atoms with Crippen LogP contribution in [0.5, 0.6) is 0 Å².